The molecule has 27 heavy (non-hydrogen) atoms. The molecule has 0 saturated heterocycles. The highest BCUT2D eigenvalue weighted by molar-refractivity contribution is 5.80. The number of H-pyrrole nitrogens is 1. The summed E-state index contributed by atoms with van der Waals surface area (Å²) in [5.74, 6) is -1.01. The molecule has 1 aromatic carbocycles. The first-order chi connectivity index (χ1) is 13.0. The van der Waals surface area contributed by atoms with Crippen molar-refractivity contribution in [2.45, 2.75) is 33.1 Å². The SMILES string of the molecule is C/C(=C\Cc1cnc2[nH]cc(Cc3c(F)ccc(C)c3F)c2c1)C/C=C\N. The summed E-state index contributed by atoms with van der Waals surface area (Å²) in [5.41, 5.74) is 9.71. The Hall–Kier alpha value is -2.95. The molecule has 0 saturated carbocycles. The number of fused-ring (bicyclic) bond motifs is 1. The van der Waals surface area contributed by atoms with Crippen LogP contribution in [0.3, 0.4) is 0 Å². The van der Waals surface area contributed by atoms with Gasteiger partial charge in [0.05, 0.1) is 0 Å². The molecule has 0 aliphatic heterocycles. The van der Waals surface area contributed by atoms with Gasteiger partial charge in [-0.1, -0.05) is 23.8 Å². The molecule has 0 radical (unpaired) electrons. The van der Waals surface area contributed by atoms with Gasteiger partial charge in [0.1, 0.15) is 17.3 Å². The number of hydrogen-bond donors (Lipinski definition) is 2. The molecule has 0 fully saturated rings. The highest BCUT2D eigenvalue weighted by Gasteiger charge is 2.15. The second-order valence-corrected chi connectivity index (χ2v) is 6.77. The number of nitrogens with one attached hydrogen (secondary N) is 1. The minimum Gasteiger partial charge on any atom is -0.405 e. The van der Waals surface area contributed by atoms with E-state index in [0.717, 1.165) is 29.4 Å². The van der Waals surface area contributed by atoms with Gasteiger partial charge in [-0.15, -0.1) is 0 Å². The van der Waals surface area contributed by atoms with Gasteiger partial charge in [0.15, 0.2) is 0 Å². The van der Waals surface area contributed by atoms with E-state index < -0.39 is 11.6 Å². The van der Waals surface area contributed by atoms with Crippen molar-refractivity contribution in [1.82, 2.24) is 9.97 Å². The summed E-state index contributed by atoms with van der Waals surface area (Å²) in [7, 11) is 0. The van der Waals surface area contributed by atoms with E-state index in [0.29, 0.717) is 11.2 Å². The Labute approximate surface area is 157 Å². The van der Waals surface area contributed by atoms with Crippen molar-refractivity contribution in [2.75, 3.05) is 0 Å². The zero-order valence-corrected chi connectivity index (χ0v) is 15.5. The van der Waals surface area contributed by atoms with Crippen LogP contribution in [0, 0.1) is 18.6 Å². The fourth-order valence-corrected chi connectivity index (χ4v) is 3.06. The minimum absolute atomic E-state index is 0.0885. The van der Waals surface area contributed by atoms with E-state index in [-0.39, 0.29) is 12.0 Å². The predicted molar refractivity (Wildman–Crippen MR) is 105 cm³/mol. The normalized spacial score (nSPS) is 12.4. The molecular weight excluding hydrogens is 344 g/mol. The third-order valence-electron chi connectivity index (χ3n) is 4.68. The van der Waals surface area contributed by atoms with Gasteiger partial charge in [0.25, 0.3) is 0 Å². The van der Waals surface area contributed by atoms with Crippen LogP contribution in [0.2, 0.25) is 0 Å². The zero-order chi connectivity index (χ0) is 19.4. The quantitative estimate of drug-likeness (QED) is 0.596. The maximum absolute atomic E-state index is 14.4. The number of benzene rings is 1. The number of nitrogens with two attached hydrogens (primary N) is 1. The standard InChI is InChI=1S/C22H23F2N3/c1-14(4-3-9-25)5-7-16-10-18-17(13-27-22(18)26-12-16)11-19-20(23)8-6-15(2)21(19)24/h3,5-6,8-10,12-13H,4,7,11,25H2,1-2H3,(H,26,27)/b9-3-,14-5+. The molecule has 0 spiro atoms. The van der Waals surface area contributed by atoms with Crippen molar-refractivity contribution in [1.29, 1.82) is 0 Å². The van der Waals surface area contributed by atoms with Gasteiger partial charge >= 0.3 is 0 Å². The van der Waals surface area contributed by atoms with Gasteiger partial charge in [-0.05, 0) is 61.7 Å². The molecule has 140 valence electrons. The first-order valence-corrected chi connectivity index (χ1v) is 8.90. The van der Waals surface area contributed by atoms with Gasteiger partial charge < -0.3 is 10.7 Å². The highest BCUT2D eigenvalue weighted by Crippen LogP contribution is 2.25. The summed E-state index contributed by atoms with van der Waals surface area (Å²) >= 11 is 0. The first-order valence-electron chi connectivity index (χ1n) is 8.90. The molecule has 3 N–H and O–H groups in total. The van der Waals surface area contributed by atoms with Crippen LogP contribution in [0.5, 0.6) is 0 Å². The average Bonchev–Trinajstić information content (AvgIpc) is 3.07. The van der Waals surface area contributed by atoms with Crippen LogP contribution in [0.25, 0.3) is 11.0 Å². The second-order valence-electron chi connectivity index (χ2n) is 6.77. The third-order valence-corrected chi connectivity index (χ3v) is 4.68. The summed E-state index contributed by atoms with van der Waals surface area (Å²) in [6, 6.07) is 4.80. The Balaban J connectivity index is 1.89. The van der Waals surface area contributed by atoms with E-state index in [1.807, 2.05) is 18.3 Å². The van der Waals surface area contributed by atoms with E-state index in [9.17, 15) is 8.78 Å². The molecule has 0 amide bonds. The number of halogens is 2. The van der Waals surface area contributed by atoms with E-state index in [1.165, 1.54) is 17.7 Å². The largest absolute Gasteiger partial charge is 0.405 e. The summed E-state index contributed by atoms with van der Waals surface area (Å²) in [5, 5.41) is 0.890. The maximum atomic E-state index is 14.4. The number of rotatable bonds is 6. The number of aromatic nitrogens is 2. The molecule has 2 aromatic heterocycles. The lowest BCUT2D eigenvalue weighted by molar-refractivity contribution is 0.556. The van der Waals surface area contributed by atoms with E-state index in [2.05, 4.69) is 23.0 Å². The van der Waals surface area contributed by atoms with Crippen molar-refractivity contribution < 1.29 is 8.78 Å². The lowest BCUT2D eigenvalue weighted by atomic mass is 10.0. The van der Waals surface area contributed by atoms with Gasteiger partial charge in [-0.25, -0.2) is 13.8 Å². The number of hydrogen-bond acceptors (Lipinski definition) is 2. The lowest BCUT2D eigenvalue weighted by Crippen LogP contribution is -1.99. The van der Waals surface area contributed by atoms with E-state index in [4.69, 9.17) is 5.73 Å². The van der Waals surface area contributed by atoms with Crippen molar-refractivity contribution in [3.8, 4) is 0 Å². The van der Waals surface area contributed by atoms with Crippen LogP contribution in [0.15, 0.2) is 54.5 Å². The molecule has 5 heteroatoms. The van der Waals surface area contributed by atoms with Crippen molar-refractivity contribution in [3.63, 3.8) is 0 Å². The number of allylic oxidation sites excluding steroid dienone is 3. The Morgan fingerprint density at radius 2 is 2.11 bits per heavy atom. The summed E-state index contributed by atoms with van der Waals surface area (Å²) in [6.07, 6.45) is 10.9. The third kappa shape index (κ3) is 4.25. The maximum Gasteiger partial charge on any atom is 0.137 e. The van der Waals surface area contributed by atoms with Crippen molar-refractivity contribution >= 4 is 11.0 Å². The molecule has 3 nitrogen and oxygen atoms in total. The van der Waals surface area contributed by atoms with Crippen LogP contribution >= 0.6 is 0 Å². The molecule has 3 aromatic rings. The first kappa shape index (κ1) is 18.8. The zero-order valence-electron chi connectivity index (χ0n) is 15.5. The average molecular weight is 367 g/mol. The van der Waals surface area contributed by atoms with Gasteiger partial charge in [-0.2, -0.15) is 0 Å². The van der Waals surface area contributed by atoms with Crippen LogP contribution in [0.1, 0.15) is 35.6 Å². The van der Waals surface area contributed by atoms with E-state index in [1.54, 1.807) is 19.3 Å². The fourth-order valence-electron chi connectivity index (χ4n) is 3.06. The molecule has 0 aliphatic rings. The lowest BCUT2D eigenvalue weighted by Gasteiger charge is -2.07. The Bertz CT molecular complexity index is 1020. The highest BCUT2D eigenvalue weighted by atomic mass is 19.1. The second kappa shape index (κ2) is 8.16. The molecule has 3 rings (SSSR count). The van der Waals surface area contributed by atoms with E-state index >= 15 is 0 Å². The smallest absolute Gasteiger partial charge is 0.137 e. The van der Waals surface area contributed by atoms with Crippen LogP contribution in [-0.4, -0.2) is 9.97 Å². The number of nitrogens with zero attached hydrogens (tertiary/aromatic N) is 1. The monoisotopic (exact) mass is 367 g/mol. The predicted octanol–water partition coefficient (Wildman–Crippen LogP) is 5.09. The Morgan fingerprint density at radius 1 is 1.30 bits per heavy atom. The molecule has 0 bridgehead atoms. The molecule has 0 atom stereocenters. The topological polar surface area (TPSA) is 54.7 Å². The summed E-state index contributed by atoms with van der Waals surface area (Å²) < 4.78 is 28.5. The van der Waals surface area contributed by atoms with Crippen LogP contribution in [0.4, 0.5) is 8.78 Å². The number of aromatic amines is 1. The van der Waals surface area contributed by atoms with Gasteiger partial charge in [-0.3, -0.25) is 0 Å². The molecule has 2 heterocycles. The van der Waals surface area contributed by atoms with Crippen molar-refractivity contribution in [3.05, 3.63) is 88.4 Å². The van der Waals surface area contributed by atoms with Crippen LogP contribution < -0.4 is 5.73 Å². The fraction of sp³-hybridized carbons (Fsp3) is 0.227. The van der Waals surface area contributed by atoms with Gasteiger partial charge in [0.2, 0.25) is 0 Å². The summed E-state index contributed by atoms with van der Waals surface area (Å²) in [4.78, 5) is 7.53. The Kier molecular flexibility index (Phi) is 5.69. The van der Waals surface area contributed by atoms with Crippen molar-refractivity contribution in [2.24, 2.45) is 5.73 Å². The molecule has 0 aliphatic carbocycles. The minimum atomic E-state index is -0.525. The Morgan fingerprint density at radius 3 is 2.89 bits per heavy atom. The number of aryl methyl sites for hydroxylation is 1. The van der Waals surface area contributed by atoms with Gasteiger partial charge in [0, 0.05) is 29.8 Å². The van der Waals surface area contributed by atoms with Crippen LogP contribution in [-0.2, 0) is 12.8 Å². The number of pyridine rings is 1. The molecule has 0 unspecified atom stereocenters. The molecular formula is C22H23F2N3. The summed E-state index contributed by atoms with van der Waals surface area (Å²) in [6.45, 7) is 3.69.